The maximum atomic E-state index is 12.7. The van der Waals surface area contributed by atoms with Gasteiger partial charge in [-0.25, -0.2) is 9.13 Å². The highest BCUT2D eigenvalue weighted by atomic mass is 31.2. The molecule has 0 amide bonds. The van der Waals surface area contributed by atoms with Crippen LogP contribution in [0, 0.1) is 0 Å². The number of rotatable bonds is 43. The van der Waals surface area contributed by atoms with Crippen molar-refractivity contribution in [3.05, 3.63) is 60.8 Å². The van der Waals surface area contributed by atoms with Crippen LogP contribution >= 0.6 is 15.6 Å². The average Bonchev–Trinajstić information content (AvgIpc) is 3.23. The number of allylic oxidation sites excluding steroid dienone is 7. The van der Waals surface area contributed by atoms with Crippen molar-refractivity contribution in [3.63, 3.8) is 0 Å². The molecule has 5 atom stereocenters. The molecule has 0 aliphatic rings. The van der Waals surface area contributed by atoms with Gasteiger partial charge in [0.1, 0.15) is 12.7 Å². The molecule has 0 aromatic rings. The first-order valence-electron chi connectivity index (χ1n) is 23.2. The maximum Gasteiger partial charge on any atom is 0.472 e. The standard InChI is InChI=1S/C46H82O15P2/c1-3-5-7-9-11-12-13-14-15-16-17-18-19-20-21-23-29-35-45(50)57-39-44(40-60-63(55,56)59-38-43(49)37-58-62(52,53)54)61-46(51)36-30-34-42(48)33-28-25-24-27-32-41(47)31-26-22-10-8-6-4-2/h14-15,22,24-28,32-33,41-44,47-49H,3-13,16-21,23,29-31,34-40H2,1-2H3,(H,55,56)(H2,52,53,54)/b15-14-,25-24+,26-22-,32-27+,33-28-/t41-,42-,43-,44+/m0/s1. The molecule has 0 fully saturated rings. The van der Waals surface area contributed by atoms with Gasteiger partial charge in [0.25, 0.3) is 0 Å². The first-order valence-corrected chi connectivity index (χ1v) is 26.2. The second kappa shape index (κ2) is 41.2. The van der Waals surface area contributed by atoms with E-state index < -0.39 is 78.4 Å². The fraction of sp³-hybridized carbons (Fsp3) is 0.739. The molecule has 0 aromatic carbocycles. The smallest absolute Gasteiger partial charge is 0.462 e. The van der Waals surface area contributed by atoms with Gasteiger partial charge in [0.15, 0.2) is 6.10 Å². The second-order valence-corrected chi connectivity index (χ2v) is 18.4. The lowest BCUT2D eigenvalue weighted by atomic mass is 10.1. The summed E-state index contributed by atoms with van der Waals surface area (Å²) < 4.78 is 47.6. The van der Waals surface area contributed by atoms with Crippen LogP contribution in [0.25, 0.3) is 0 Å². The Hall–Kier alpha value is -2.26. The monoisotopic (exact) mass is 937 g/mol. The number of phosphoric ester groups is 2. The molecule has 0 aromatic heterocycles. The molecule has 0 spiro atoms. The number of aliphatic hydroxyl groups excluding tert-OH is 3. The van der Waals surface area contributed by atoms with E-state index in [1.807, 2.05) is 6.08 Å². The van der Waals surface area contributed by atoms with E-state index in [9.17, 15) is 38.9 Å². The lowest BCUT2D eigenvalue weighted by molar-refractivity contribution is -0.161. The number of hydrogen-bond acceptors (Lipinski definition) is 12. The topological polar surface area (TPSA) is 236 Å². The molecule has 0 aliphatic heterocycles. The third kappa shape index (κ3) is 44.7. The van der Waals surface area contributed by atoms with Crippen molar-refractivity contribution in [1.29, 1.82) is 0 Å². The number of ether oxygens (including phenoxy) is 2. The third-order valence-electron chi connectivity index (χ3n) is 9.56. The summed E-state index contributed by atoms with van der Waals surface area (Å²) in [5.41, 5.74) is 0. The van der Waals surface area contributed by atoms with Crippen LogP contribution in [0.15, 0.2) is 60.8 Å². The van der Waals surface area contributed by atoms with Crippen molar-refractivity contribution in [2.24, 2.45) is 0 Å². The Balaban J connectivity index is 4.74. The minimum atomic E-state index is -4.90. The number of unbranched alkanes of at least 4 members (excludes halogenated alkanes) is 16. The molecule has 0 bridgehead atoms. The highest BCUT2D eigenvalue weighted by Gasteiger charge is 2.28. The fourth-order valence-corrected chi connectivity index (χ4v) is 7.10. The van der Waals surface area contributed by atoms with Crippen molar-refractivity contribution in [1.82, 2.24) is 0 Å². The highest BCUT2D eigenvalue weighted by molar-refractivity contribution is 7.47. The van der Waals surface area contributed by atoms with Crippen LogP contribution in [0.3, 0.4) is 0 Å². The molecule has 0 rings (SSSR count). The van der Waals surface area contributed by atoms with Crippen LogP contribution in [-0.2, 0) is 41.8 Å². The number of carbonyl (C=O) groups excluding carboxylic acids is 2. The minimum Gasteiger partial charge on any atom is -0.462 e. The Morgan fingerprint density at radius 3 is 1.60 bits per heavy atom. The van der Waals surface area contributed by atoms with E-state index in [-0.39, 0.29) is 25.7 Å². The maximum absolute atomic E-state index is 12.7. The summed E-state index contributed by atoms with van der Waals surface area (Å²) in [4.78, 5) is 52.8. The minimum absolute atomic E-state index is 0.131. The zero-order valence-corrected chi connectivity index (χ0v) is 39.9. The fourth-order valence-electron chi connectivity index (χ4n) is 5.95. The van der Waals surface area contributed by atoms with Crippen molar-refractivity contribution in [3.8, 4) is 0 Å². The third-order valence-corrected chi connectivity index (χ3v) is 11.0. The van der Waals surface area contributed by atoms with Crippen molar-refractivity contribution >= 4 is 27.6 Å². The molecule has 1 unspecified atom stereocenters. The van der Waals surface area contributed by atoms with Gasteiger partial charge in [0, 0.05) is 12.8 Å². The number of carbonyl (C=O) groups is 2. The zero-order valence-electron chi connectivity index (χ0n) is 38.1. The number of aliphatic hydroxyl groups is 3. The molecular weight excluding hydrogens is 854 g/mol. The van der Waals surface area contributed by atoms with Gasteiger partial charge >= 0.3 is 27.6 Å². The molecule has 0 saturated heterocycles. The summed E-state index contributed by atoms with van der Waals surface area (Å²) in [6.07, 6.45) is 36.9. The number of hydrogen-bond donors (Lipinski definition) is 6. The largest absolute Gasteiger partial charge is 0.472 e. The lowest BCUT2D eigenvalue weighted by Gasteiger charge is -2.20. The van der Waals surface area contributed by atoms with E-state index in [4.69, 9.17) is 23.8 Å². The Labute approximate surface area is 377 Å². The van der Waals surface area contributed by atoms with Gasteiger partial charge in [0.05, 0.1) is 32.0 Å². The van der Waals surface area contributed by atoms with E-state index in [1.165, 1.54) is 70.6 Å². The van der Waals surface area contributed by atoms with Crippen LogP contribution in [0.2, 0.25) is 0 Å². The van der Waals surface area contributed by atoms with Crippen LogP contribution in [0.4, 0.5) is 0 Å². The van der Waals surface area contributed by atoms with E-state index in [0.717, 1.165) is 44.9 Å². The molecule has 6 N–H and O–H groups in total. The Bertz CT molecular complexity index is 1380. The summed E-state index contributed by atoms with van der Waals surface area (Å²) in [6, 6.07) is 0. The summed E-state index contributed by atoms with van der Waals surface area (Å²) in [6.45, 7) is 1.42. The molecule has 0 saturated carbocycles. The van der Waals surface area contributed by atoms with Crippen molar-refractivity contribution < 1.29 is 71.8 Å². The predicted octanol–water partition coefficient (Wildman–Crippen LogP) is 9.95. The van der Waals surface area contributed by atoms with Crippen LogP contribution in [0.1, 0.15) is 168 Å². The molecule has 0 radical (unpaired) electrons. The number of esters is 2. The molecule has 366 valence electrons. The predicted molar refractivity (Wildman–Crippen MR) is 246 cm³/mol. The summed E-state index contributed by atoms with van der Waals surface area (Å²) in [5, 5.41) is 30.1. The van der Waals surface area contributed by atoms with Gasteiger partial charge in [-0.15, -0.1) is 0 Å². The Morgan fingerprint density at radius 1 is 0.524 bits per heavy atom. The van der Waals surface area contributed by atoms with Gasteiger partial charge in [-0.2, -0.15) is 0 Å². The van der Waals surface area contributed by atoms with Gasteiger partial charge in [-0.1, -0.05) is 152 Å². The normalized spacial score (nSPS) is 15.5. The van der Waals surface area contributed by atoms with Crippen molar-refractivity contribution in [2.45, 2.75) is 192 Å². The molecule has 0 heterocycles. The highest BCUT2D eigenvalue weighted by Crippen LogP contribution is 2.43. The number of phosphoric acid groups is 2. The van der Waals surface area contributed by atoms with Crippen LogP contribution in [-0.4, -0.2) is 92.8 Å². The molecule has 0 aliphatic carbocycles. The quantitative estimate of drug-likeness (QED) is 0.0110. The Kier molecular flexibility index (Phi) is 39.7. The van der Waals surface area contributed by atoms with Gasteiger partial charge in [0.2, 0.25) is 0 Å². The molecule has 63 heavy (non-hydrogen) atoms. The lowest BCUT2D eigenvalue weighted by Crippen LogP contribution is -2.30. The van der Waals surface area contributed by atoms with E-state index >= 15 is 0 Å². The van der Waals surface area contributed by atoms with Crippen LogP contribution < -0.4 is 0 Å². The summed E-state index contributed by atoms with van der Waals surface area (Å²) >= 11 is 0. The Morgan fingerprint density at radius 2 is 1.00 bits per heavy atom. The van der Waals surface area contributed by atoms with E-state index in [2.05, 4.69) is 41.1 Å². The average molecular weight is 937 g/mol. The van der Waals surface area contributed by atoms with E-state index in [0.29, 0.717) is 12.8 Å². The van der Waals surface area contributed by atoms with Crippen molar-refractivity contribution in [2.75, 3.05) is 26.4 Å². The van der Waals surface area contributed by atoms with E-state index in [1.54, 1.807) is 36.5 Å². The second-order valence-electron chi connectivity index (χ2n) is 15.7. The zero-order chi connectivity index (χ0) is 46.9. The van der Waals surface area contributed by atoms with Gasteiger partial charge < -0.3 is 39.5 Å². The van der Waals surface area contributed by atoms with Gasteiger partial charge in [-0.05, 0) is 64.2 Å². The molecular formula is C46H82O15P2. The molecule has 17 heteroatoms. The first kappa shape index (κ1) is 60.7. The van der Waals surface area contributed by atoms with Crippen LogP contribution in [0.5, 0.6) is 0 Å². The summed E-state index contributed by atoms with van der Waals surface area (Å²) in [5.74, 6) is -1.28. The summed E-state index contributed by atoms with van der Waals surface area (Å²) in [7, 11) is -9.78. The first-order chi connectivity index (χ1) is 30.2. The molecule has 15 nitrogen and oxygen atoms in total. The SMILES string of the molecule is CCCCC/C=C\C[C@H](O)/C=C/C=C/C=C\[C@H](O)CCCC(=O)O[C@H](COC(=O)CCCCCCCCC/C=C\CCCCCCCC)COP(=O)(O)OC[C@@H](O)COP(=O)(O)O. The van der Waals surface area contributed by atoms with Gasteiger partial charge in [-0.3, -0.25) is 23.2 Å².